The zero-order valence-corrected chi connectivity index (χ0v) is 13.5. The minimum atomic E-state index is -0.250. The molecule has 0 saturated carbocycles. The van der Waals surface area contributed by atoms with E-state index < -0.39 is 0 Å². The van der Waals surface area contributed by atoms with Crippen LogP contribution in [0.15, 0.2) is 59.2 Å². The minimum Gasteiger partial charge on any atom is -0.288 e. The van der Waals surface area contributed by atoms with Crippen molar-refractivity contribution in [3.63, 3.8) is 0 Å². The van der Waals surface area contributed by atoms with Gasteiger partial charge in [0.2, 0.25) is 5.78 Å². The first kappa shape index (κ1) is 14.9. The van der Waals surface area contributed by atoms with Gasteiger partial charge < -0.3 is 0 Å². The number of hydrogen-bond donors (Lipinski definition) is 0. The fourth-order valence-corrected chi connectivity index (χ4v) is 3.55. The standard InChI is InChI=1S/C19H17FOS/c1-12-3-4-13(2)16(11-12)19(21)18-10-9-17(22-18)14-5-7-15(20)8-6-14/h5-11H,3-4H2,1-2H3. The van der Waals surface area contributed by atoms with Crippen molar-refractivity contribution in [2.75, 3.05) is 0 Å². The molecule has 0 bridgehead atoms. The zero-order valence-electron chi connectivity index (χ0n) is 12.7. The predicted octanol–water partition coefficient (Wildman–Crippen LogP) is 5.79. The molecule has 112 valence electrons. The predicted molar refractivity (Wildman–Crippen MR) is 89.7 cm³/mol. The van der Waals surface area contributed by atoms with Gasteiger partial charge in [-0.3, -0.25) is 4.79 Å². The van der Waals surface area contributed by atoms with Gasteiger partial charge in [0.25, 0.3) is 0 Å². The number of carbonyl (C=O) groups excluding carboxylic acids is 1. The third kappa shape index (κ3) is 2.95. The third-order valence-corrected chi connectivity index (χ3v) is 5.08. The molecule has 0 aliphatic heterocycles. The van der Waals surface area contributed by atoms with Crippen molar-refractivity contribution in [2.45, 2.75) is 26.7 Å². The fraction of sp³-hybridized carbons (Fsp3) is 0.211. The van der Waals surface area contributed by atoms with E-state index in [0.29, 0.717) is 0 Å². The number of carbonyl (C=O) groups is 1. The number of allylic oxidation sites excluding steroid dienone is 4. The van der Waals surface area contributed by atoms with Crippen LogP contribution in [0.25, 0.3) is 10.4 Å². The van der Waals surface area contributed by atoms with Gasteiger partial charge in [0, 0.05) is 10.5 Å². The first-order chi connectivity index (χ1) is 10.5. The van der Waals surface area contributed by atoms with Gasteiger partial charge in [-0.1, -0.05) is 29.4 Å². The molecule has 22 heavy (non-hydrogen) atoms. The Morgan fingerprint density at radius 2 is 1.77 bits per heavy atom. The highest BCUT2D eigenvalue weighted by atomic mass is 32.1. The first-order valence-corrected chi connectivity index (χ1v) is 8.13. The number of benzene rings is 1. The number of hydrogen-bond acceptors (Lipinski definition) is 2. The van der Waals surface area contributed by atoms with Gasteiger partial charge in [-0.15, -0.1) is 11.3 Å². The number of ketones is 1. The molecule has 3 heteroatoms. The summed E-state index contributed by atoms with van der Waals surface area (Å²) in [6, 6.07) is 10.2. The summed E-state index contributed by atoms with van der Waals surface area (Å²) >= 11 is 1.46. The van der Waals surface area contributed by atoms with Crippen LogP contribution >= 0.6 is 11.3 Å². The Kier molecular flexibility index (Phi) is 4.08. The molecule has 1 nitrogen and oxygen atoms in total. The Morgan fingerprint density at radius 1 is 1.05 bits per heavy atom. The molecule has 2 aromatic rings. The Morgan fingerprint density at radius 3 is 2.50 bits per heavy atom. The average molecular weight is 312 g/mol. The summed E-state index contributed by atoms with van der Waals surface area (Å²) in [5.41, 5.74) is 4.18. The lowest BCUT2D eigenvalue weighted by Crippen LogP contribution is -2.06. The maximum Gasteiger partial charge on any atom is 0.202 e. The lowest BCUT2D eigenvalue weighted by molar-refractivity contribution is 0.104. The molecule has 0 unspecified atom stereocenters. The lowest BCUT2D eigenvalue weighted by atomic mass is 9.91. The molecular formula is C19H17FOS. The highest BCUT2D eigenvalue weighted by molar-refractivity contribution is 7.17. The van der Waals surface area contributed by atoms with E-state index in [1.807, 2.05) is 25.1 Å². The summed E-state index contributed by atoms with van der Waals surface area (Å²) in [4.78, 5) is 14.4. The quantitative estimate of drug-likeness (QED) is 0.655. The van der Waals surface area contributed by atoms with Crippen LogP contribution in [0.5, 0.6) is 0 Å². The van der Waals surface area contributed by atoms with Crippen molar-refractivity contribution >= 4 is 17.1 Å². The molecule has 0 amide bonds. The highest BCUT2D eigenvalue weighted by Gasteiger charge is 2.18. The van der Waals surface area contributed by atoms with Gasteiger partial charge in [-0.05, 0) is 56.5 Å². The van der Waals surface area contributed by atoms with E-state index in [4.69, 9.17) is 0 Å². The van der Waals surface area contributed by atoms with E-state index in [-0.39, 0.29) is 11.6 Å². The van der Waals surface area contributed by atoms with Crippen LogP contribution in [0.1, 0.15) is 36.4 Å². The summed E-state index contributed by atoms with van der Waals surface area (Å²) in [6.07, 6.45) is 4.01. The number of thiophene rings is 1. The molecular weight excluding hydrogens is 295 g/mol. The van der Waals surface area contributed by atoms with Crippen LogP contribution in [0.2, 0.25) is 0 Å². The van der Waals surface area contributed by atoms with Crippen molar-refractivity contribution in [3.8, 4) is 10.4 Å². The van der Waals surface area contributed by atoms with Crippen molar-refractivity contribution in [2.24, 2.45) is 0 Å². The van der Waals surface area contributed by atoms with E-state index in [1.165, 1.54) is 29.0 Å². The topological polar surface area (TPSA) is 17.1 Å². The zero-order chi connectivity index (χ0) is 15.7. The van der Waals surface area contributed by atoms with Crippen LogP contribution < -0.4 is 0 Å². The molecule has 1 aliphatic carbocycles. The Bertz CT molecular complexity index is 778. The SMILES string of the molecule is CC1=CC(C(=O)c2ccc(-c3ccc(F)cc3)s2)=C(C)CC1. The third-order valence-electron chi connectivity index (χ3n) is 3.95. The lowest BCUT2D eigenvalue weighted by Gasteiger charge is -2.14. The molecule has 1 aliphatic rings. The van der Waals surface area contributed by atoms with E-state index in [0.717, 1.165) is 39.3 Å². The summed E-state index contributed by atoms with van der Waals surface area (Å²) < 4.78 is 13.0. The number of halogens is 1. The molecule has 1 heterocycles. The Labute approximate surface area is 133 Å². The van der Waals surface area contributed by atoms with E-state index >= 15 is 0 Å². The summed E-state index contributed by atoms with van der Waals surface area (Å²) in [5.74, 6) is -0.157. The molecule has 0 N–H and O–H groups in total. The van der Waals surface area contributed by atoms with Crippen molar-refractivity contribution < 1.29 is 9.18 Å². The van der Waals surface area contributed by atoms with Gasteiger partial charge >= 0.3 is 0 Å². The van der Waals surface area contributed by atoms with Gasteiger partial charge in [0.05, 0.1) is 4.88 Å². The monoisotopic (exact) mass is 312 g/mol. The summed E-state index contributed by atoms with van der Waals surface area (Å²) in [6.45, 7) is 4.10. The molecule has 0 radical (unpaired) electrons. The maximum atomic E-state index is 13.0. The molecule has 0 atom stereocenters. The van der Waals surface area contributed by atoms with Crippen molar-refractivity contribution in [1.29, 1.82) is 0 Å². The number of rotatable bonds is 3. The van der Waals surface area contributed by atoms with Gasteiger partial charge in [-0.25, -0.2) is 4.39 Å². The minimum absolute atomic E-state index is 0.0925. The van der Waals surface area contributed by atoms with E-state index in [1.54, 1.807) is 12.1 Å². The van der Waals surface area contributed by atoms with Gasteiger partial charge in [0.1, 0.15) is 5.82 Å². The second kappa shape index (κ2) is 6.01. The largest absolute Gasteiger partial charge is 0.288 e. The first-order valence-electron chi connectivity index (χ1n) is 7.32. The van der Waals surface area contributed by atoms with Gasteiger partial charge in [-0.2, -0.15) is 0 Å². The van der Waals surface area contributed by atoms with Gasteiger partial charge in [0.15, 0.2) is 0 Å². The van der Waals surface area contributed by atoms with Crippen LogP contribution in [-0.2, 0) is 0 Å². The Hall–Kier alpha value is -2.00. The normalized spacial score (nSPS) is 15.0. The summed E-state index contributed by atoms with van der Waals surface area (Å²) in [5, 5.41) is 0. The van der Waals surface area contributed by atoms with Crippen LogP contribution in [-0.4, -0.2) is 5.78 Å². The molecule has 0 saturated heterocycles. The smallest absolute Gasteiger partial charge is 0.202 e. The second-order valence-corrected chi connectivity index (χ2v) is 6.77. The average Bonchev–Trinajstić information content (AvgIpc) is 2.99. The molecule has 3 rings (SSSR count). The van der Waals surface area contributed by atoms with Crippen LogP contribution in [0, 0.1) is 5.82 Å². The molecule has 0 spiro atoms. The maximum absolute atomic E-state index is 13.0. The Balaban J connectivity index is 1.91. The van der Waals surface area contributed by atoms with Crippen LogP contribution in [0.3, 0.4) is 0 Å². The fourth-order valence-electron chi connectivity index (χ4n) is 2.58. The summed E-state index contributed by atoms with van der Waals surface area (Å²) in [7, 11) is 0. The molecule has 0 fully saturated rings. The highest BCUT2D eigenvalue weighted by Crippen LogP contribution is 2.32. The second-order valence-electron chi connectivity index (χ2n) is 5.68. The molecule has 1 aromatic heterocycles. The van der Waals surface area contributed by atoms with Crippen molar-refractivity contribution in [3.05, 3.63) is 69.9 Å². The van der Waals surface area contributed by atoms with E-state index in [2.05, 4.69) is 6.92 Å². The van der Waals surface area contributed by atoms with Crippen LogP contribution in [0.4, 0.5) is 4.39 Å². The number of Topliss-reactive ketones (excluding diaryl/α,β-unsaturated/α-hetero) is 1. The molecule has 1 aromatic carbocycles. The van der Waals surface area contributed by atoms with E-state index in [9.17, 15) is 9.18 Å². The van der Waals surface area contributed by atoms with Crippen molar-refractivity contribution in [1.82, 2.24) is 0 Å².